The van der Waals surface area contributed by atoms with Gasteiger partial charge in [-0.2, -0.15) is 5.06 Å². The lowest BCUT2D eigenvalue weighted by molar-refractivity contribution is -0.190. The number of nitrogens with zero attached hydrogens (tertiary/aromatic N) is 1. The molecule has 2 aromatic carbocycles. The van der Waals surface area contributed by atoms with E-state index in [9.17, 15) is 9.59 Å². The highest BCUT2D eigenvalue weighted by Crippen LogP contribution is 2.16. The van der Waals surface area contributed by atoms with Crippen LogP contribution in [0.15, 0.2) is 54.6 Å². The van der Waals surface area contributed by atoms with Crippen LogP contribution in [-0.2, 0) is 27.5 Å². The van der Waals surface area contributed by atoms with Crippen molar-refractivity contribution >= 4 is 17.6 Å². The molecular formula is C29H42N2O4. The zero-order chi connectivity index (χ0) is 25.1. The van der Waals surface area contributed by atoms with Crippen LogP contribution in [0.3, 0.4) is 0 Å². The Morgan fingerprint density at radius 1 is 0.771 bits per heavy atom. The van der Waals surface area contributed by atoms with Crippen LogP contribution in [0.25, 0.3) is 0 Å². The predicted molar refractivity (Wildman–Crippen MR) is 141 cm³/mol. The van der Waals surface area contributed by atoms with Crippen LogP contribution in [0.5, 0.6) is 0 Å². The van der Waals surface area contributed by atoms with Gasteiger partial charge in [-0.15, -0.1) is 0 Å². The van der Waals surface area contributed by atoms with Crippen LogP contribution in [0.1, 0.15) is 88.7 Å². The van der Waals surface area contributed by atoms with Gasteiger partial charge in [0.2, 0.25) is 5.91 Å². The summed E-state index contributed by atoms with van der Waals surface area (Å²) in [5.41, 5.74) is 2.78. The molecule has 0 fully saturated rings. The first-order valence-corrected chi connectivity index (χ1v) is 13.1. The minimum Gasteiger partial charge on any atom is -0.479 e. The summed E-state index contributed by atoms with van der Waals surface area (Å²) in [5, 5.41) is 13.6. The number of hydroxylamine groups is 2. The molecule has 0 saturated carbocycles. The minimum atomic E-state index is -1.01. The molecule has 0 unspecified atom stereocenters. The molecule has 0 aromatic heterocycles. The quantitative estimate of drug-likeness (QED) is 0.167. The highest BCUT2D eigenvalue weighted by Gasteiger charge is 2.11. The summed E-state index contributed by atoms with van der Waals surface area (Å²) < 4.78 is 0. The fourth-order valence-electron chi connectivity index (χ4n) is 3.97. The van der Waals surface area contributed by atoms with E-state index in [1.807, 2.05) is 54.6 Å². The summed E-state index contributed by atoms with van der Waals surface area (Å²) >= 11 is 0. The average molecular weight is 483 g/mol. The van der Waals surface area contributed by atoms with Gasteiger partial charge in [-0.3, -0.25) is 9.63 Å². The van der Waals surface area contributed by atoms with Crippen molar-refractivity contribution in [3.8, 4) is 0 Å². The lowest BCUT2D eigenvalue weighted by atomic mass is 10.1. The van der Waals surface area contributed by atoms with Crippen molar-refractivity contribution in [1.82, 2.24) is 5.06 Å². The zero-order valence-electron chi connectivity index (χ0n) is 21.2. The van der Waals surface area contributed by atoms with Crippen molar-refractivity contribution < 1.29 is 19.5 Å². The van der Waals surface area contributed by atoms with Crippen molar-refractivity contribution in [3.05, 3.63) is 65.7 Å². The Kier molecular flexibility index (Phi) is 14.4. The number of unbranched alkanes of at least 4 members (excludes halogenated alkanes) is 9. The predicted octanol–water partition coefficient (Wildman–Crippen LogP) is 6.95. The molecular weight excluding hydrogens is 440 g/mol. The molecule has 2 aromatic rings. The zero-order valence-corrected chi connectivity index (χ0v) is 21.2. The molecule has 35 heavy (non-hydrogen) atoms. The van der Waals surface area contributed by atoms with E-state index < -0.39 is 5.97 Å². The van der Waals surface area contributed by atoms with E-state index in [0.29, 0.717) is 19.5 Å². The average Bonchev–Trinajstić information content (AvgIpc) is 2.85. The Morgan fingerprint density at radius 2 is 1.31 bits per heavy atom. The van der Waals surface area contributed by atoms with Gasteiger partial charge < -0.3 is 10.4 Å². The summed E-state index contributed by atoms with van der Waals surface area (Å²) in [4.78, 5) is 28.7. The lowest BCUT2D eigenvalue weighted by Gasteiger charge is -2.21. The third-order valence-electron chi connectivity index (χ3n) is 5.93. The number of carboxylic acids is 1. The number of hydrogen-bond acceptors (Lipinski definition) is 4. The van der Waals surface area contributed by atoms with Gasteiger partial charge in [-0.25, -0.2) is 4.79 Å². The van der Waals surface area contributed by atoms with Gasteiger partial charge in [0.1, 0.15) is 0 Å². The first-order chi connectivity index (χ1) is 17.1. The van der Waals surface area contributed by atoms with E-state index in [1.165, 1.54) is 51.4 Å². The molecule has 0 radical (unpaired) electrons. The van der Waals surface area contributed by atoms with Crippen LogP contribution < -0.4 is 5.32 Å². The normalized spacial score (nSPS) is 11.0. The number of hydrogen-bond donors (Lipinski definition) is 2. The number of anilines is 1. The van der Waals surface area contributed by atoms with Gasteiger partial charge >= 0.3 is 5.97 Å². The highest BCUT2D eigenvalue weighted by atomic mass is 16.7. The topological polar surface area (TPSA) is 78.9 Å². The van der Waals surface area contributed by atoms with E-state index in [-0.39, 0.29) is 12.5 Å². The number of carbonyl (C=O) groups is 2. The summed E-state index contributed by atoms with van der Waals surface area (Å²) in [6.45, 7) is 2.77. The number of benzene rings is 2. The van der Waals surface area contributed by atoms with Crippen molar-refractivity contribution in [2.75, 3.05) is 11.9 Å². The van der Waals surface area contributed by atoms with E-state index in [2.05, 4.69) is 12.2 Å². The minimum absolute atomic E-state index is 0.0489. The maximum absolute atomic E-state index is 12.3. The van der Waals surface area contributed by atoms with Crippen molar-refractivity contribution in [2.45, 2.75) is 90.6 Å². The van der Waals surface area contributed by atoms with E-state index in [4.69, 9.17) is 9.94 Å². The van der Waals surface area contributed by atoms with Crippen molar-refractivity contribution in [3.63, 3.8) is 0 Å². The van der Waals surface area contributed by atoms with E-state index in [1.54, 1.807) is 5.06 Å². The number of amides is 1. The Labute approximate surface area is 210 Å². The molecule has 0 bridgehead atoms. The monoisotopic (exact) mass is 482 g/mol. The SMILES string of the molecule is CCCCCCCCCCCCC(=O)Nc1ccc(CN(Cc2ccccc2)OCC(=O)O)cc1. The molecule has 1 amide bonds. The second kappa shape index (κ2) is 17.7. The first kappa shape index (κ1) is 28.5. The molecule has 2 rings (SSSR count). The van der Waals surface area contributed by atoms with Crippen molar-refractivity contribution in [1.29, 1.82) is 0 Å². The first-order valence-electron chi connectivity index (χ1n) is 13.1. The van der Waals surface area contributed by atoms with Gasteiger partial charge in [0, 0.05) is 25.2 Å². The second-order valence-corrected chi connectivity index (χ2v) is 9.13. The maximum Gasteiger partial charge on any atom is 0.331 e. The Balaban J connectivity index is 1.68. The molecule has 0 aliphatic rings. The highest BCUT2D eigenvalue weighted by molar-refractivity contribution is 5.90. The molecule has 192 valence electrons. The van der Waals surface area contributed by atoms with Gasteiger partial charge in [-0.05, 0) is 29.7 Å². The Hall–Kier alpha value is -2.70. The number of nitrogens with one attached hydrogen (secondary N) is 1. The maximum atomic E-state index is 12.3. The van der Waals surface area contributed by atoms with Crippen LogP contribution in [0, 0.1) is 0 Å². The fraction of sp³-hybridized carbons (Fsp3) is 0.517. The molecule has 0 atom stereocenters. The standard InChI is InChI=1S/C29H42N2O4/c1-2-3-4-5-6-7-8-9-10-14-17-28(32)30-27-20-18-26(19-21-27)23-31(35-24-29(33)34)22-25-15-12-11-13-16-25/h11-13,15-16,18-21H,2-10,14,17,22-24H2,1H3,(H,30,32)(H,33,34). The Morgan fingerprint density at radius 3 is 1.89 bits per heavy atom. The third kappa shape index (κ3) is 13.7. The second-order valence-electron chi connectivity index (χ2n) is 9.13. The molecule has 0 heterocycles. The molecule has 6 heteroatoms. The van der Waals surface area contributed by atoms with Gasteiger partial charge in [0.25, 0.3) is 0 Å². The van der Waals surface area contributed by atoms with Crippen LogP contribution in [0.2, 0.25) is 0 Å². The van der Waals surface area contributed by atoms with Gasteiger partial charge in [-0.1, -0.05) is 107 Å². The van der Waals surface area contributed by atoms with E-state index >= 15 is 0 Å². The van der Waals surface area contributed by atoms with E-state index in [0.717, 1.165) is 29.7 Å². The molecule has 0 saturated heterocycles. The molecule has 0 aliphatic carbocycles. The number of rotatable bonds is 19. The summed E-state index contributed by atoms with van der Waals surface area (Å²) in [7, 11) is 0. The molecule has 6 nitrogen and oxygen atoms in total. The molecule has 2 N–H and O–H groups in total. The molecule has 0 spiro atoms. The largest absolute Gasteiger partial charge is 0.479 e. The summed E-state index contributed by atoms with van der Waals surface area (Å²) in [6.07, 6.45) is 13.1. The summed E-state index contributed by atoms with van der Waals surface area (Å²) in [6, 6.07) is 17.4. The van der Waals surface area contributed by atoms with Crippen LogP contribution in [-0.4, -0.2) is 28.7 Å². The smallest absolute Gasteiger partial charge is 0.331 e. The Bertz CT molecular complexity index is 840. The number of aliphatic carboxylic acids is 1. The fourth-order valence-corrected chi connectivity index (χ4v) is 3.97. The van der Waals surface area contributed by atoms with Crippen LogP contribution in [0.4, 0.5) is 5.69 Å². The van der Waals surface area contributed by atoms with Gasteiger partial charge in [0.05, 0.1) is 0 Å². The molecule has 0 aliphatic heterocycles. The third-order valence-corrected chi connectivity index (χ3v) is 5.93. The number of carboxylic acid groups (broad SMARTS) is 1. The number of carbonyl (C=O) groups excluding carboxylic acids is 1. The van der Waals surface area contributed by atoms with Crippen LogP contribution >= 0.6 is 0 Å². The summed E-state index contributed by atoms with van der Waals surface area (Å²) in [5.74, 6) is -0.962. The van der Waals surface area contributed by atoms with Crippen molar-refractivity contribution in [2.24, 2.45) is 0 Å². The lowest BCUT2D eigenvalue weighted by Crippen LogP contribution is -2.26. The van der Waals surface area contributed by atoms with Gasteiger partial charge in [0.15, 0.2) is 6.61 Å².